The van der Waals surface area contributed by atoms with Gasteiger partial charge in [-0.1, -0.05) is 0 Å². The van der Waals surface area contributed by atoms with Crippen LogP contribution in [-0.2, 0) is 0 Å². The second-order valence-corrected chi connectivity index (χ2v) is 4.19. The first kappa shape index (κ1) is 9.58. The highest BCUT2D eigenvalue weighted by Gasteiger charge is 2.14. The average molecular weight is 216 g/mol. The maximum Gasteiger partial charge on any atom is 0.125 e. The number of benzene rings is 1. The van der Waals surface area contributed by atoms with Gasteiger partial charge >= 0.3 is 0 Å². The highest BCUT2D eigenvalue weighted by Crippen LogP contribution is 2.28. The first-order chi connectivity index (χ1) is 7.84. The summed E-state index contributed by atoms with van der Waals surface area (Å²) in [6, 6.07) is 6.84. The zero-order valence-corrected chi connectivity index (χ0v) is 8.99. The molecule has 1 fully saturated rings. The van der Waals surface area contributed by atoms with Gasteiger partial charge in [0.05, 0.1) is 5.52 Å². The molecule has 0 N–H and O–H groups in total. The monoisotopic (exact) mass is 216 g/mol. The summed E-state index contributed by atoms with van der Waals surface area (Å²) in [6.07, 6.45) is 4.24. The summed E-state index contributed by atoms with van der Waals surface area (Å²) in [5.74, 6) is -0.224. The minimum atomic E-state index is -0.224. The SMILES string of the molecule is Fc1ccc2c(N3CCCC3)ccnc2c1. The molecule has 1 aliphatic rings. The fourth-order valence-electron chi connectivity index (χ4n) is 2.34. The van der Waals surface area contributed by atoms with E-state index in [1.54, 1.807) is 6.20 Å². The number of hydrogen-bond donors (Lipinski definition) is 0. The zero-order valence-electron chi connectivity index (χ0n) is 8.99. The topological polar surface area (TPSA) is 16.1 Å². The molecule has 2 aromatic rings. The normalized spacial score (nSPS) is 15.9. The maximum atomic E-state index is 13.1. The standard InChI is InChI=1S/C13H13FN2/c14-10-3-4-11-12(9-10)15-6-5-13(11)16-7-1-2-8-16/h3-6,9H,1-2,7-8H2. The molecule has 0 bridgehead atoms. The van der Waals surface area contributed by atoms with Crippen LogP contribution >= 0.6 is 0 Å². The summed E-state index contributed by atoms with van der Waals surface area (Å²) in [4.78, 5) is 6.56. The van der Waals surface area contributed by atoms with E-state index in [2.05, 4.69) is 9.88 Å². The third-order valence-electron chi connectivity index (χ3n) is 3.13. The van der Waals surface area contributed by atoms with Crippen molar-refractivity contribution in [2.45, 2.75) is 12.8 Å². The van der Waals surface area contributed by atoms with Crippen molar-refractivity contribution in [1.82, 2.24) is 4.98 Å². The molecule has 0 amide bonds. The summed E-state index contributed by atoms with van der Waals surface area (Å²) in [7, 11) is 0. The molecule has 3 rings (SSSR count). The summed E-state index contributed by atoms with van der Waals surface area (Å²) in [5, 5.41) is 1.05. The fourth-order valence-corrected chi connectivity index (χ4v) is 2.34. The molecule has 0 saturated carbocycles. The van der Waals surface area contributed by atoms with Crippen molar-refractivity contribution in [3.63, 3.8) is 0 Å². The third kappa shape index (κ3) is 1.52. The molecule has 82 valence electrons. The van der Waals surface area contributed by atoms with Crippen molar-refractivity contribution >= 4 is 16.6 Å². The molecule has 0 aliphatic carbocycles. The molecule has 1 aromatic heterocycles. The van der Waals surface area contributed by atoms with Gasteiger partial charge in [0.25, 0.3) is 0 Å². The Labute approximate surface area is 93.7 Å². The van der Waals surface area contributed by atoms with Gasteiger partial charge in [-0.3, -0.25) is 4.98 Å². The van der Waals surface area contributed by atoms with Crippen LogP contribution in [0.1, 0.15) is 12.8 Å². The van der Waals surface area contributed by atoms with Crippen molar-refractivity contribution in [2.75, 3.05) is 18.0 Å². The molecular weight excluding hydrogens is 203 g/mol. The predicted molar refractivity (Wildman–Crippen MR) is 63.1 cm³/mol. The lowest BCUT2D eigenvalue weighted by atomic mass is 10.1. The average Bonchev–Trinajstić information content (AvgIpc) is 2.81. The Bertz CT molecular complexity index is 518. The molecule has 1 saturated heterocycles. The Morgan fingerprint density at radius 3 is 2.75 bits per heavy atom. The highest BCUT2D eigenvalue weighted by atomic mass is 19.1. The molecular formula is C13H13FN2. The van der Waals surface area contributed by atoms with Crippen LogP contribution in [0.3, 0.4) is 0 Å². The van der Waals surface area contributed by atoms with Crippen LogP contribution in [0, 0.1) is 5.82 Å². The summed E-state index contributed by atoms with van der Waals surface area (Å²) in [5.41, 5.74) is 1.92. The van der Waals surface area contributed by atoms with Crippen molar-refractivity contribution in [3.8, 4) is 0 Å². The van der Waals surface area contributed by atoms with E-state index in [9.17, 15) is 4.39 Å². The lowest BCUT2D eigenvalue weighted by molar-refractivity contribution is 0.629. The minimum absolute atomic E-state index is 0.224. The molecule has 2 nitrogen and oxygen atoms in total. The van der Waals surface area contributed by atoms with Gasteiger partial charge < -0.3 is 4.90 Å². The number of fused-ring (bicyclic) bond motifs is 1. The third-order valence-corrected chi connectivity index (χ3v) is 3.13. The summed E-state index contributed by atoms with van der Waals surface area (Å²) >= 11 is 0. The Morgan fingerprint density at radius 2 is 1.94 bits per heavy atom. The van der Waals surface area contributed by atoms with Crippen molar-refractivity contribution < 1.29 is 4.39 Å². The number of pyridine rings is 1. The molecule has 1 aromatic carbocycles. The Balaban J connectivity index is 2.16. The second-order valence-electron chi connectivity index (χ2n) is 4.19. The van der Waals surface area contributed by atoms with E-state index in [-0.39, 0.29) is 5.82 Å². The lowest BCUT2D eigenvalue weighted by Crippen LogP contribution is -2.17. The van der Waals surface area contributed by atoms with E-state index in [4.69, 9.17) is 0 Å². The smallest absolute Gasteiger partial charge is 0.125 e. The number of rotatable bonds is 1. The van der Waals surface area contributed by atoms with Crippen molar-refractivity contribution in [2.24, 2.45) is 0 Å². The number of nitrogens with zero attached hydrogens (tertiary/aromatic N) is 2. The molecule has 1 aliphatic heterocycles. The van der Waals surface area contributed by atoms with Crippen LogP contribution in [0.5, 0.6) is 0 Å². The van der Waals surface area contributed by atoms with Crippen LogP contribution in [0.15, 0.2) is 30.5 Å². The Kier molecular flexibility index (Phi) is 2.24. The van der Waals surface area contributed by atoms with Gasteiger partial charge in [0.15, 0.2) is 0 Å². The number of anilines is 1. The van der Waals surface area contributed by atoms with Crippen LogP contribution in [-0.4, -0.2) is 18.1 Å². The highest BCUT2D eigenvalue weighted by molar-refractivity contribution is 5.91. The van der Waals surface area contributed by atoms with Crippen molar-refractivity contribution in [1.29, 1.82) is 0 Å². The quantitative estimate of drug-likeness (QED) is 0.728. The zero-order chi connectivity index (χ0) is 11.0. The molecule has 3 heteroatoms. The summed E-state index contributed by atoms with van der Waals surface area (Å²) in [6.45, 7) is 2.19. The van der Waals surface area contributed by atoms with Gasteiger partial charge in [0.1, 0.15) is 5.82 Å². The number of aromatic nitrogens is 1. The molecule has 0 radical (unpaired) electrons. The van der Waals surface area contributed by atoms with Gasteiger partial charge in [-0.05, 0) is 31.0 Å². The molecule has 0 unspecified atom stereocenters. The van der Waals surface area contributed by atoms with Crippen LogP contribution in [0.25, 0.3) is 10.9 Å². The molecule has 0 spiro atoms. The van der Waals surface area contributed by atoms with Gasteiger partial charge in [0, 0.05) is 36.4 Å². The van der Waals surface area contributed by atoms with Crippen LogP contribution in [0.2, 0.25) is 0 Å². The van der Waals surface area contributed by atoms with Crippen molar-refractivity contribution in [3.05, 3.63) is 36.3 Å². The van der Waals surface area contributed by atoms with Crippen LogP contribution < -0.4 is 4.90 Å². The summed E-state index contributed by atoms with van der Waals surface area (Å²) < 4.78 is 13.1. The predicted octanol–water partition coefficient (Wildman–Crippen LogP) is 2.97. The van der Waals surface area contributed by atoms with Gasteiger partial charge in [-0.2, -0.15) is 0 Å². The largest absolute Gasteiger partial charge is 0.371 e. The first-order valence-electron chi connectivity index (χ1n) is 5.64. The Hall–Kier alpha value is -1.64. The van der Waals surface area contributed by atoms with Gasteiger partial charge in [-0.15, -0.1) is 0 Å². The van der Waals surface area contributed by atoms with Gasteiger partial charge in [0.2, 0.25) is 0 Å². The first-order valence-corrected chi connectivity index (χ1v) is 5.64. The van der Waals surface area contributed by atoms with E-state index in [1.165, 1.54) is 30.7 Å². The maximum absolute atomic E-state index is 13.1. The second kappa shape index (κ2) is 3.74. The van der Waals surface area contributed by atoms with E-state index in [0.29, 0.717) is 0 Å². The fraction of sp³-hybridized carbons (Fsp3) is 0.308. The number of hydrogen-bond acceptors (Lipinski definition) is 2. The Morgan fingerprint density at radius 1 is 1.12 bits per heavy atom. The van der Waals surface area contributed by atoms with E-state index in [1.807, 2.05) is 12.1 Å². The van der Waals surface area contributed by atoms with E-state index < -0.39 is 0 Å². The number of halogens is 1. The molecule has 2 heterocycles. The van der Waals surface area contributed by atoms with E-state index in [0.717, 1.165) is 24.0 Å². The molecule has 16 heavy (non-hydrogen) atoms. The van der Waals surface area contributed by atoms with E-state index >= 15 is 0 Å². The van der Waals surface area contributed by atoms with Gasteiger partial charge in [-0.25, -0.2) is 4.39 Å². The van der Waals surface area contributed by atoms with Crippen LogP contribution in [0.4, 0.5) is 10.1 Å². The minimum Gasteiger partial charge on any atom is -0.371 e. The lowest BCUT2D eigenvalue weighted by Gasteiger charge is -2.19. The molecule has 0 atom stereocenters.